The van der Waals surface area contributed by atoms with E-state index in [1.807, 2.05) is 6.07 Å². The second kappa shape index (κ2) is 10.3. The van der Waals surface area contributed by atoms with Crippen LogP contribution in [0.4, 0.5) is 11.4 Å². The smallest absolute Gasteiger partial charge is 0.335 e. The minimum atomic E-state index is -0.598. The quantitative estimate of drug-likeness (QED) is 0.238. The number of piperidine rings is 2. The Hall–Kier alpha value is -3.51. The van der Waals surface area contributed by atoms with Crippen LogP contribution in [-0.2, 0) is 29.8 Å². The summed E-state index contributed by atoms with van der Waals surface area (Å²) in [5.41, 5.74) is 6.93. The molecule has 2 aliphatic carbocycles. The number of esters is 1. The third-order valence-corrected chi connectivity index (χ3v) is 17.2. The lowest BCUT2D eigenvalue weighted by Crippen LogP contribution is -2.66. The standard InChI is InChI=1S/C43H52N4O7/c1-7-40-12-11-28-42(13-15-46(38(40)42)20-27-35(40)53-27)23-17-21(9-10-25(23)45(28)3)30-33-36(54-33)41(8-2)19-22(37(49)52-6)34-43(14-16-47(30)39(41)43)24-18-26(48)31(50-4)32(51-5)29(24)44-34/h9-10,17-18,27-28,30,33,35-36,38-39,44,48H,7-8,11-16,19-20H2,1-6H3/t27-,28+,30-,33-,35-,36-,38+,39+,40-,41-,42-,43+/m1/s1. The highest BCUT2D eigenvalue weighted by Crippen LogP contribution is 2.73. The number of aromatic hydroxyl groups is 1. The Bertz CT molecular complexity index is 2090. The van der Waals surface area contributed by atoms with E-state index in [0.717, 1.165) is 49.4 Å². The summed E-state index contributed by atoms with van der Waals surface area (Å²) in [6.07, 6.45) is 7.89. The number of nitrogens with one attached hydrogen (secondary N) is 1. The number of phenols is 1. The molecule has 8 aliphatic heterocycles. The largest absolute Gasteiger partial charge is 0.504 e. The molecule has 0 unspecified atom stereocenters. The van der Waals surface area contributed by atoms with E-state index in [2.05, 4.69) is 59.1 Å². The van der Waals surface area contributed by atoms with Crippen molar-refractivity contribution in [2.75, 3.05) is 58.2 Å². The molecule has 286 valence electrons. The molecular weight excluding hydrogens is 684 g/mol. The Morgan fingerprint density at radius 1 is 0.963 bits per heavy atom. The maximum absolute atomic E-state index is 13.8. The van der Waals surface area contributed by atoms with Crippen molar-refractivity contribution in [3.8, 4) is 17.2 Å². The molecule has 8 heterocycles. The van der Waals surface area contributed by atoms with Gasteiger partial charge in [0.2, 0.25) is 5.75 Å². The van der Waals surface area contributed by atoms with Gasteiger partial charge in [0.15, 0.2) is 11.5 Å². The first-order chi connectivity index (χ1) is 26.2. The molecule has 0 amide bonds. The van der Waals surface area contributed by atoms with E-state index in [1.165, 1.54) is 44.0 Å². The Morgan fingerprint density at radius 3 is 2.54 bits per heavy atom. The zero-order chi connectivity index (χ0) is 36.8. The molecule has 2 N–H and O–H groups in total. The van der Waals surface area contributed by atoms with Crippen LogP contribution in [0.25, 0.3) is 0 Å². The molecule has 11 heteroatoms. The highest BCUT2D eigenvalue weighted by molar-refractivity contribution is 5.94. The number of fused-ring (bicyclic) bond motifs is 6. The molecule has 7 fully saturated rings. The topological polar surface area (TPSA) is 112 Å². The van der Waals surface area contributed by atoms with Crippen LogP contribution in [0.15, 0.2) is 35.5 Å². The first kappa shape index (κ1) is 32.7. The second-order valence-electron chi connectivity index (χ2n) is 18.3. The molecule has 2 aromatic rings. The normalized spacial score (nSPS) is 43.9. The Balaban J connectivity index is 1.02. The van der Waals surface area contributed by atoms with Gasteiger partial charge in [0.1, 0.15) is 6.10 Å². The van der Waals surface area contributed by atoms with Crippen LogP contribution >= 0.6 is 0 Å². The summed E-state index contributed by atoms with van der Waals surface area (Å²) < 4.78 is 30.5. The van der Waals surface area contributed by atoms with Crippen molar-refractivity contribution < 1.29 is 33.6 Å². The monoisotopic (exact) mass is 736 g/mol. The maximum atomic E-state index is 13.8. The van der Waals surface area contributed by atoms with Gasteiger partial charge >= 0.3 is 5.97 Å². The molecular formula is C43H52N4O7. The summed E-state index contributed by atoms with van der Waals surface area (Å²) in [7, 11) is 6.96. The fourth-order valence-corrected chi connectivity index (χ4v) is 15.3. The van der Waals surface area contributed by atoms with Crippen molar-refractivity contribution in [3.63, 3.8) is 0 Å². The number of carbonyl (C=O) groups excluding carboxylic acids is 1. The number of nitrogens with zero attached hydrogens (tertiary/aromatic N) is 3. The van der Waals surface area contributed by atoms with Crippen LogP contribution < -0.4 is 19.7 Å². The van der Waals surface area contributed by atoms with Gasteiger partial charge in [-0.25, -0.2) is 4.79 Å². The van der Waals surface area contributed by atoms with Crippen molar-refractivity contribution >= 4 is 17.3 Å². The average Bonchev–Trinajstić information content (AvgIpc) is 4.03. The van der Waals surface area contributed by atoms with Gasteiger partial charge in [-0.15, -0.1) is 0 Å². The van der Waals surface area contributed by atoms with Gasteiger partial charge in [-0.1, -0.05) is 26.0 Å². The third kappa shape index (κ3) is 3.36. The van der Waals surface area contributed by atoms with Crippen molar-refractivity contribution in [2.45, 2.75) is 118 Å². The fourth-order valence-electron chi connectivity index (χ4n) is 15.3. The van der Waals surface area contributed by atoms with Crippen molar-refractivity contribution in [3.05, 3.63) is 52.2 Å². The number of hydrogen-bond acceptors (Lipinski definition) is 11. The highest BCUT2D eigenvalue weighted by atomic mass is 16.6. The van der Waals surface area contributed by atoms with Crippen LogP contribution in [0.2, 0.25) is 0 Å². The summed E-state index contributed by atoms with van der Waals surface area (Å²) >= 11 is 0. The summed E-state index contributed by atoms with van der Waals surface area (Å²) in [4.78, 5) is 22.0. The summed E-state index contributed by atoms with van der Waals surface area (Å²) in [6.45, 7) is 7.73. The lowest BCUT2D eigenvalue weighted by molar-refractivity contribution is -0.137. The second-order valence-corrected chi connectivity index (χ2v) is 18.3. The fraction of sp³-hybridized carbons (Fsp3) is 0.651. The highest BCUT2D eigenvalue weighted by Gasteiger charge is 2.78. The zero-order valence-corrected chi connectivity index (χ0v) is 32.2. The van der Waals surface area contributed by atoms with E-state index in [1.54, 1.807) is 19.8 Å². The van der Waals surface area contributed by atoms with E-state index in [-0.39, 0.29) is 58.0 Å². The SMILES string of the molecule is CC[C@@]12CC[C@@H]3N(C)c4ccc([C@@H]5[C@H]6O[C@H]6[C@@]6(CC)CC(C(=O)OC)=C7Nc8c(cc(O)c(OC)c8OC)[C@@]78CCN5[C@@H]68)cc4[C@]34CCN(C[C@H]3O[C@H]31)[C@@H]24. The number of likely N-dealkylation sites (N-methyl/N-ethyl adjacent to an activating group) is 1. The number of hydrogen-bond donors (Lipinski definition) is 2. The maximum Gasteiger partial charge on any atom is 0.335 e. The van der Waals surface area contributed by atoms with Crippen molar-refractivity contribution in [1.29, 1.82) is 0 Å². The molecule has 1 saturated carbocycles. The third-order valence-electron chi connectivity index (χ3n) is 17.2. The summed E-state index contributed by atoms with van der Waals surface area (Å²) in [6, 6.07) is 10.4. The first-order valence-corrected chi connectivity index (χ1v) is 20.4. The Kier molecular flexibility index (Phi) is 6.22. The zero-order valence-electron chi connectivity index (χ0n) is 32.2. The van der Waals surface area contributed by atoms with Crippen LogP contribution in [0, 0.1) is 10.8 Å². The molecule has 54 heavy (non-hydrogen) atoms. The minimum Gasteiger partial charge on any atom is -0.504 e. The lowest BCUT2D eigenvalue weighted by atomic mass is 9.52. The number of ether oxygens (including phenoxy) is 5. The van der Waals surface area contributed by atoms with E-state index < -0.39 is 5.41 Å². The molecule has 0 bridgehead atoms. The van der Waals surface area contributed by atoms with Crippen LogP contribution in [0.1, 0.15) is 81.5 Å². The predicted octanol–water partition coefficient (Wildman–Crippen LogP) is 5.00. The molecule has 2 aromatic carbocycles. The van der Waals surface area contributed by atoms with Crippen LogP contribution in [-0.4, -0.2) is 111 Å². The number of phenolic OH excluding ortho intramolecular Hbond substituents is 1. The predicted molar refractivity (Wildman–Crippen MR) is 200 cm³/mol. The molecule has 6 saturated heterocycles. The van der Waals surface area contributed by atoms with E-state index in [9.17, 15) is 9.90 Å². The first-order valence-electron chi connectivity index (χ1n) is 20.4. The number of benzene rings is 2. The van der Waals surface area contributed by atoms with Gasteiger partial charge in [-0.2, -0.15) is 0 Å². The molecule has 0 radical (unpaired) electrons. The van der Waals surface area contributed by atoms with Gasteiger partial charge < -0.3 is 39.0 Å². The molecule has 2 spiro atoms. The van der Waals surface area contributed by atoms with E-state index in [0.29, 0.717) is 42.0 Å². The molecule has 0 aromatic heterocycles. The van der Waals surface area contributed by atoms with Crippen LogP contribution in [0.5, 0.6) is 17.2 Å². The number of methoxy groups -OCH3 is 3. The van der Waals surface area contributed by atoms with E-state index in [4.69, 9.17) is 23.7 Å². The molecule has 10 aliphatic rings. The van der Waals surface area contributed by atoms with Crippen molar-refractivity contribution in [1.82, 2.24) is 9.80 Å². The number of rotatable bonds is 6. The number of carbonyl (C=O) groups is 1. The van der Waals surface area contributed by atoms with Gasteiger partial charge in [-0.05, 0) is 80.3 Å². The average molecular weight is 737 g/mol. The van der Waals surface area contributed by atoms with Gasteiger partial charge in [0.05, 0.1) is 62.4 Å². The van der Waals surface area contributed by atoms with Gasteiger partial charge in [0.25, 0.3) is 0 Å². The molecule has 11 nitrogen and oxygen atoms in total. The number of anilines is 2. The number of epoxide rings is 2. The van der Waals surface area contributed by atoms with Crippen molar-refractivity contribution in [2.24, 2.45) is 10.8 Å². The Labute approximate surface area is 316 Å². The van der Waals surface area contributed by atoms with Gasteiger partial charge in [0, 0.05) is 65.9 Å². The summed E-state index contributed by atoms with van der Waals surface area (Å²) in [5, 5.41) is 15.1. The van der Waals surface area contributed by atoms with Gasteiger partial charge in [-0.3, -0.25) is 9.80 Å². The van der Waals surface area contributed by atoms with Crippen LogP contribution in [0.3, 0.4) is 0 Å². The summed E-state index contributed by atoms with van der Waals surface area (Å²) in [5.74, 6) is 0.454. The van der Waals surface area contributed by atoms with E-state index >= 15 is 0 Å². The Morgan fingerprint density at radius 2 is 1.78 bits per heavy atom. The molecule has 12 rings (SSSR count). The lowest BCUT2D eigenvalue weighted by Gasteiger charge is -2.57. The molecule has 12 atom stereocenters. The minimum absolute atomic E-state index is 0.00347.